The van der Waals surface area contributed by atoms with Crippen LogP contribution in [-0.2, 0) is 21.2 Å². The minimum absolute atomic E-state index is 0.0443. The fourth-order valence-corrected chi connectivity index (χ4v) is 6.51. The second kappa shape index (κ2) is 11.0. The molecule has 1 aliphatic rings. The Hall–Kier alpha value is -3.33. The van der Waals surface area contributed by atoms with E-state index < -0.39 is 27.7 Å². The van der Waals surface area contributed by atoms with Crippen LogP contribution >= 0.6 is 11.3 Å². The van der Waals surface area contributed by atoms with Crippen molar-refractivity contribution in [2.75, 3.05) is 19.8 Å². The SMILES string of the molecule is CC(C)Oc1ccc(-c2nnc(-c3cccc4c3CCC[C@@H]4NS(=O)(=O)CC(=O)N(C)C)s2)cc1C#N. The summed E-state index contributed by atoms with van der Waals surface area (Å²) >= 11 is 1.42. The molecule has 1 amide bonds. The lowest BCUT2D eigenvalue weighted by Gasteiger charge is -2.27. The maximum Gasteiger partial charge on any atom is 0.238 e. The van der Waals surface area contributed by atoms with E-state index in [9.17, 15) is 18.5 Å². The van der Waals surface area contributed by atoms with Gasteiger partial charge in [0, 0.05) is 31.3 Å². The van der Waals surface area contributed by atoms with Gasteiger partial charge in [-0.2, -0.15) is 5.26 Å². The van der Waals surface area contributed by atoms with Crippen molar-refractivity contribution in [3.05, 3.63) is 53.1 Å². The van der Waals surface area contributed by atoms with E-state index in [1.165, 1.54) is 30.3 Å². The molecule has 194 valence electrons. The lowest BCUT2D eigenvalue weighted by atomic mass is 9.85. The summed E-state index contributed by atoms with van der Waals surface area (Å²) in [5.41, 5.74) is 4.04. The number of nitrogens with zero attached hydrogens (tertiary/aromatic N) is 4. The van der Waals surface area contributed by atoms with Crippen LogP contribution in [0.5, 0.6) is 5.75 Å². The third-order valence-corrected chi connectivity index (χ3v) is 8.28. The van der Waals surface area contributed by atoms with Crippen LogP contribution in [0.25, 0.3) is 21.1 Å². The third kappa shape index (κ3) is 6.15. The molecule has 1 N–H and O–H groups in total. The summed E-state index contributed by atoms with van der Waals surface area (Å²) in [6.07, 6.45) is 2.19. The molecule has 3 aromatic rings. The molecule has 4 rings (SSSR count). The van der Waals surface area contributed by atoms with Gasteiger partial charge in [0.2, 0.25) is 15.9 Å². The van der Waals surface area contributed by atoms with Crippen LogP contribution in [0.15, 0.2) is 36.4 Å². The zero-order valence-electron chi connectivity index (χ0n) is 21.2. The number of rotatable bonds is 8. The van der Waals surface area contributed by atoms with E-state index >= 15 is 0 Å². The fraction of sp³-hybridized carbons (Fsp3) is 0.385. The highest BCUT2D eigenvalue weighted by Crippen LogP contribution is 2.39. The molecule has 1 aliphatic carbocycles. The highest BCUT2D eigenvalue weighted by atomic mass is 32.2. The number of fused-ring (bicyclic) bond motifs is 1. The van der Waals surface area contributed by atoms with Crippen molar-refractivity contribution in [3.8, 4) is 33.0 Å². The average molecular weight is 540 g/mol. The molecule has 0 spiro atoms. The first-order valence-electron chi connectivity index (χ1n) is 11.9. The molecule has 0 saturated carbocycles. The lowest BCUT2D eigenvalue weighted by Crippen LogP contribution is -2.38. The molecule has 2 aromatic carbocycles. The second-order valence-electron chi connectivity index (χ2n) is 9.38. The summed E-state index contributed by atoms with van der Waals surface area (Å²) in [7, 11) is -0.733. The zero-order valence-corrected chi connectivity index (χ0v) is 22.8. The van der Waals surface area contributed by atoms with Crippen LogP contribution < -0.4 is 9.46 Å². The van der Waals surface area contributed by atoms with Crippen molar-refractivity contribution in [2.24, 2.45) is 0 Å². The summed E-state index contributed by atoms with van der Waals surface area (Å²) < 4.78 is 33.8. The summed E-state index contributed by atoms with van der Waals surface area (Å²) in [5.74, 6) is -0.525. The first-order valence-corrected chi connectivity index (χ1v) is 14.4. The lowest BCUT2D eigenvalue weighted by molar-refractivity contribution is -0.125. The summed E-state index contributed by atoms with van der Waals surface area (Å²) in [6.45, 7) is 3.82. The molecule has 0 bridgehead atoms. The fourth-order valence-electron chi connectivity index (χ4n) is 4.28. The molecule has 11 heteroatoms. The predicted molar refractivity (Wildman–Crippen MR) is 143 cm³/mol. The number of sulfonamides is 1. The molecule has 0 aliphatic heterocycles. The van der Waals surface area contributed by atoms with Gasteiger partial charge in [-0.1, -0.05) is 29.5 Å². The largest absolute Gasteiger partial charge is 0.490 e. The highest BCUT2D eigenvalue weighted by Gasteiger charge is 2.28. The summed E-state index contributed by atoms with van der Waals surface area (Å²) in [4.78, 5) is 13.2. The van der Waals surface area contributed by atoms with Gasteiger partial charge in [-0.15, -0.1) is 10.2 Å². The number of hydrogen-bond donors (Lipinski definition) is 1. The Bertz CT molecular complexity index is 1460. The Morgan fingerprint density at radius 2 is 2.00 bits per heavy atom. The minimum atomic E-state index is -3.80. The molecular formula is C26H29N5O4S2. The Balaban J connectivity index is 1.62. The van der Waals surface area contributed by atoms with E-state index in [1.54, 1.807) is 12.1 Å². The van der Waals surface area contributed by atoms with Gasteiger partial charge >= 0.3 is 0 Å². The van der Waals surface area contributed by atoms with Gasteiger partial charge in [0.25, 0.3) is 0 Å². The van der Waals surface area contributed by atoms with E-state index in [1.807, 2.05) is 38.1 Å². The third-order valence-electron chi connectivity index (χ3n) is 6.01. The number of amides is 1. The Morgan fingerprint density at radius 3 is 2.70 bits per heavy atom. The Kier molecular flexibility index (Phi) is 7.92. The van der Waals surface area contributed by atoms with Gasteiger partial charge in [-0.3, -0.25) is 4.79 Å². The van der Waals surface area contributed by atoms with E-state index in [2.05, 4.69) is 21.0 Å². The van der Waals surface area contributed by atoms with Gasteiger partial charge in [0.1, 0.15) is 27.6 Å². The topological polar surface area (TPSA) is 125 Å². The van der Waals surface area contributed by atoms with Crippen molar-refractivity contribution in [3.63, 3.8) is 0 Å². The second-order valence-corrected chi connectivity index (χ2v) is 12.1. The first kappa shape index (κ1) is 26.7. The van der Waals surface area contributed by atoms with Crippen LogP contribution in [0.3, 0.4) is 0 Å². The number of nitriles is 1. The molecule has 1 aromatic heterocycles. The number of carbonyl (C=O) groups is 1. The van der Waals surface area contributed by atoms with Gasteiger partial charge in [-0.05, 0) is 62.4 Å². The minimum Gasteiger partial charge on any atom is -0.490 e. The number of nitrogens with one attached hydrogen (secondary N) is 1. The Morgan fingerprint density at radius 1 is 1.24 bits per heavy atom. The van der Waals surface area contributed by atoms with Crippen molar-refractivity contribution in [2.45, 2.75) is 45.3 Å². The predicted octanol–water partition coefficient (Wildman–Crippen LogP) is 3.92. The van der Waals surface area contributed by atoms with Crippen LogP contribution in [-0.4, -0.2) is 55.4 Å². The maximum absolute atomic E-state index is 12.7. The van der Waals surface area contributed by atoms with Crippen molar-refractivity contribution < 1.29 is 17.9 Å². The van der Waals surface area contributed by atoms with Crippen LogP contribution in [0, 0.1) is 11.3 Å². The standard InChI is InChI=1S/C26H29N5O4S2/c1-16(2)35-23-12-11-17(13-18(23)14-27)25-28-29-26(36-25)21-9-5-8-20-19(21)7-6-10-22(20)30-37(33,34)15-24(32)31(3)4/h5,8-9,11-13,16,22,30H,6-7,10,15H2,1-4H3/t22-/m0/s1. The quantitative estimate of drug-likeness (QED) is 0.460. The Labute approximate surface area is 221 Å². The van der Waals surface area contributed by atoms with E-state index in [0.29, 0.717) is 22.7 Å². The van der Waals surface area contributed by atoms with Gasteiger partial charge < -0.3 is 9.64 Å². The highest BCUT2D eigenvalue weighted by molar-refractivity contribution is 7.90. The maximum atomic E-state index is 12.7. The molecule has 9 nitrogen and oxygen atoms in total. The molecule has 1 atom stereocenters. The van der Waals surface area contributed by atoms with E-state index in [-0.39, 0.29) is 6.10 Å². The van der Waals surface area contributed by atoms with Crippen molar-refractivity contribution in [1.29, 1.82) is 5.26 Å². The molecule has 37 heavy (non-hydrogen) atoms. The number of aromatic nitrogens is 2. The van der Waals surface area contributed by atoms with Gasteiger partial charge in [-0.25, -0.2) is 13.1 Å². The number of benzene rings is 2. The molecule has 0 saturated heterocycles. The van der Waals surface area contributed by atoms with Crippen molar-refractivity contribution >= 4 is 27.3 Å². The van der Waals surface area contributed by atoms with Crippen LogP contribution in [0.2, 0.25) is 0 Å². The first-order chi connectivity index (χ1) is 17.6. The average Bonchev–Trinajstić information content (AvgIpc) is 3.33. The molecule has 0 fully saturated rings. The molecule has 0 unspecified atom stereocenters. The number of hydrogen-bond acceptors (Lipinski definition) is 8. The number of ether oxygens (including phenoxy) is 1. The van der Waals surface area contributed by atoms with Crippen LogP contribution in [0.4, 0.5) is 0 Å². The summed E-state index contributed by atoms with van der Waals surface area (Å²) in [5, 5.41) is 19.8. The molecule has 1 heterocycles. The number of carbonyl (C=O) groups excluding carboxylic acids is 1. The van der Waals surface area contributed by atoms with Crippen molar-refractivity contribution in [1.82, 2.24) is 19.8 Å². The molecule has 0 radical (unpaired) electrons. The smallest absolute Gasteiger partial charge is 0.238 e. The normalized spacial score (nSPS) is 15.2. The van der Waals surface area contributed by atoms with E-state index in [0.717, 1.165) is 40.1 Å². The zero-order chi connectivity index (χ0) is 26.7. The van der Waals surface area contributed by atoms with Gasteiger partial charge in [0.15, 0.2) is 0 Å². The van der Waals surface area contributed by atoms with Crippen LogP contribution in [0.1, 0.15) is 49.4 Å². The monoisotopic (exact) mass is 539 g/mol. The van der Waals surface area contributed by atoms with E-state index in [4.69, 9.17) is 4.74 Å². The summed E-state index contributed by atoms with van der Waals surface area (Å²) in [6, 6.07) is 12.9. The molecular weight excluding hydrogens is 510 g/mol. The van der Waals surface area contributed by atoms with Gasteiger partial charge in [0.05, 0.1) is 11.7 Å².